The SMILES string of the molecule is COc1cc(N2CCN(C(=O)Cn3cnc4cc(C(F)(F)F)ccc43)CC2)c(F)cc1-c1cnc(C)o1. The fourth-order valence-electron chi connectivity index (χ4n) is 4.44. The van der Waals surface area contributed by atoms with Gasteiger partial charge < -0.3 is 23.5 Å². The van der Waals surface area contributed by atoms with Crippen LogP contribution in [0.25, 0.3) is 22.4 Å². The molecule has 0 aliphatic carbocycles. The van der Waals surface area contributed by atoms with Crippen molar-refractivity contribution in [2.45, 2.75) is 19.6 Å². The van der Waals surface area contributed by atoms with Gasteiger partial charge in [-0.15, -0.1) is 0 Å². The zero-order chi connectivity index (χ0) is 26.3. The van der Waals surface area contributed by atoms with E-state index in [1.807, 2.05) is 4.90 Å². The van der Waals surface area contributed by atoms with E-state index in [9.17, 15) is 18.0 Å². The van der Waals surface area contributed by atoms with E-state index in [0.29, 0.717) is 60.3 Å². The van der Waals surface area contributed by atoms with Crippen LogP contribution in [-0.2, 0) is 17.5 Å². The lowest BCUT2D eigenvalue weighted by atomic mass is 10.1. The summed E-state index contributed by atoms with van der Waals surface area (Å²) in [6.07, 6.45) is -1.60. The molecule has 1 saturated heterocycles. The van der Waals surface area contributed by atoms with Crippen LogP contribution in [0, 0.1) is 12.7 Å². The number of amides is 1. The molecule has 0 bridgehead atoms. The number of oxazole rings is 1. The highest BCUT2D eigenvalue weighted by Gasteiger charge is 2.31. The number of rotatable bonds is 5. The van der Waals surface area contributed by atoms with Crippen LogP contribution in [-0.4, -0.2) is 58.6 Å². The molecule has 194 valence electrons. The molecule has 1 amide bonds. The number of nitrogens with zero attached hydrogens (tertiary/aromatic N) is 5. The first kappa shape index (κ1) is 24.6. The quantitative estimate of drug-likeness (QED) is 0.363. The third kappa shape index (κ3) is 4.83. The average Bonchev–Trinajstić information content (AvgIpc) is 3.49. The minimum atomic E-state index is -4.47. The molecule has 0 N–H and O–H groups in total. The van der Waals surface area contributed by atoms with Crippen molar-refractivity contribution in [1.82, 2.24) is 19.4 Å². The molecule has 2 aromatic carbocycles. The Hall–Kier alpha value is -4.09. The molecular weight excluding hydrogens is 494 g/mol. The second kappa shape index (κ2) is 9.41. The number of carbonyl (C=O) groups excluding carboxylic acids is 1. The third-order valence-corrected chi connectivity index (χ3v) is 6.38. The van der Waals surface area contributed by atoms with Crippen LogP contribution in [0.3, 0.4) is 0 Å². The highest BCUT2D eigenvalue weighted by Crippen LogP contribution is 2.36. The summed E-state index contributed by atoms with van der Waals surface area (Å²) in [6.45, 7) is 3.14. The van der Waals surface area contributed by atoms with Crippen molar-refractivity contribution in [3.63, 3.8) is 0 Å². The lowest BCUT2D eigenvalue weighted by Gasteiger charge is -2.36. The Balaban J connectivity index is 1.26. The smallest absolute Gasteiger partial charge is 0.416 e. The summed E-state index contributed by atoms with van der Waals surface area (Å²) >= 11 is 0. The molecular formula is C25H23F4N5O3. The van der Waals surface area contributed by atoms with Gasteiger partial charge in [0.1, 0.15) is 18.1 Å². The van der Waals surface area contributed by atoms with E-state index in [4.69, 9.17) is 9.15 Å². The minimum absolute atomic E-state index is 0.0602. The molecule has 37 heavy (non-hydrogen) atoms. The van der Waals surface area contributed by atoms with Crippen LogP contribution in [0.15, 0.2) is 47.3 Å². The van der Waals surface area contributed by atoms with E-state index in [1.165, 1.54) is 36.3 Å². The molecule has 0 saturated carbocycles. The number of methoxy groups -OCH3 is 1. The summed E-state index contributed by atoms with van der Waals surface area (Å²) in [5.74, 6) is 0.640. The normalized spacial score (nSPS) is 14.4. The number of fused-ring (bicyclic) bond motifs is 1. The molecule has 0 unspecified atom stereocenters. The predicted octanol–water partition coefficient (Wildman–Crippen LogP) is 4.52. The number of alkyl halides is 3. The van der Waals surface area contributed by atoms with Crippen molar-refractivity contribution >= 4 is 22.6 Å². The number of piperazine rings is 1. The van der Waals surface area contributed by atoms with E-state index >= 15 is 4.39 Å². The number of carbonyl (C=O) groups is 1. The molecule has 1 aliphatic heterocycles. The summed E-state index contributed by atoms with van der Waals surface area (Å²) < 4.78 is 66.5. The van der Waals surface area contributed by atoms with Gasteiger partial charge in [0.15, 0.2) is 11.7 Å². The van der Waals surface area contributed by atoms with Gasteiger partial charge in [-0.25, -0.2) is 14.4 Å². The second-order valence-corrected chi connectivity index (χ2v) is 8.69. The van der Waals surface area contributed by atoms with Crippen molar-refractivity contribution < 1.29 is 31.5 Å². The number of aromatic nitrogens is 3. The number of anilines is 1. The maximum absolute atomic E-state index is 15.1. The van der Waals surface area contributed by atoms with Crippen LogP contribution in [0.4, 0.5) is 23.2 Å². The number of hydrogen-bond donors (Lipinski definition) is 0. The van der Waals surface area contributed by atoms with Gasteiger partial charge in [-0.05, 0) is 24.3 Å². The highest BCUT2D eigenvalue weighted by atomic mass is 19.4. The average molecular weight is 517 g/mol. The van der Waals surface area contributed by atoms with Crippen molar-refractivity contribution in [1.29, 1.82) is 0 Å². The van der Waals surface area contributed by atoms with Gasteiger partial charge in [-0.2, -0.15) is 13.2 Å². The summed E-state index contributed by atoms with van der Waals surface area (Å²) in [7, 11) is 1.49. The van der Waals surface area contributed by atoms with Crippen molar-refractivity contribution in [3.8, 4) is 17.1 Å². The van der Waals surface area contributed by atoms with Crippen molar-refractivity contribution in [3.05, 3.63) is 60.1 Å². The first-order valence-electron chi connectivity index (χ1n) is 11.5. The molecule has 0 radical (unpaired) electrons. The minimum Gasteiger partial charge on any atom is -0.496 e. The lowest BCUT2D eigenvalue weighted by Crippen LogP contribution is -2.49. The molecule has 4 aromatic rings. The number of hydrogen-bond acceptors (Lipinski definition) is 6. The van der Waals surface area contributed by atoms with Crippen LogP contribution in [0.1, 0.15) is 11.5 Å². The first-order valence-corrected chi connectivity index (χ1v) is 11.5. The highest BCUT2D eigenvalue weighted by molar-refractivity contribution is 5.81. The molecule has 1 fully saturated rings. The predicted molar refractivity (Wildman–Crippen MR) is 127 cm³/mol. The Bertz CT molecular complexity index is 1450. The van der Waals surface area contributed by atoms with Gasteiger partial charge in [0, 0.05) is 39.2 Å². The summed E-state index contributed by atoms with van der Waals surface area (Å²) in [6, 6.07) is 6.21. The maximum atomic E-state index is 15.1. The molecule has 1 aliphatic rings. The molecule has 5 rings (SSSR count). The zero-order valence-corrected chi connectivity index (χ0v) is 20.0. The Kier molecular flexibility index (Phi) is 6.26. The first-order chi connectivity index (χ1) is 17.6. The monoisotopic (exact) mass is 517 g/mol. The van der Waals surface area contributed by atoms with Crippen LogP contribution in [0.5, 0.6) is 5.75 Å². The third-order valence-electron chi connectivity index (χ3n) is 6.38. The topological polar surface area (TPSA) is 76.6 Å². The van der Waals surface area contributed by atoms with Crippen LogP contribution < -0.4 is 9.64 Å². The number of imidazole rings is 1. The van der Waals surface area contributed by atoms with E-state index in [1.54, 1.807) is 17.9 Å². The Morgan fingerprint density at radius 2 is 1.86 bits per heavy atom. The van der Waals surface area contributed by atoms with Gasteiger partial charge in [-0.1, -0.05) is 0 Å². The Morgan fingerprint density at radius 1 is 1.11 bits per heavy atom. The fourth-order valence-corrected chi connectivity index (χ4v) is 4.44. The standard InChI is InChI=1S/C25H23F4N5O3/c1-15-30-12-23(37-15)17-10-18(26)21(11-22(17)36-2)32-5-7-33(8-6-32)24(35)13-34-14-31-19-9-16(25(27,28)29)3-4-20(19)34/h3-4,9-12,14H,5-8,13H2,1-2H3. The molecule has 0 atom stereocenters. The lowest BCUT2D eigenvalue weighted by molar-refractivity contribution is -0.137. The van der Waals surface area contributed by atoms with E-state index < -0.39 is 17.6 Å². The zero-order valence-electron chi connectivity index (χ0n) is 20.0. The fraction of sp³-hybridized carbons (Fsp3) is 0.320. The van der Waals surface area contributed by atoms with E-state index in [-0.39, 0.29) is 18.0 Å². The van der Waals surface area contributed by atoms with Crippen molar-refractivity contribution in [2.75, 3.05) is 38.2 Å². The molecule has 3 heterocycles. The largest absolute Gasteiger partial charge is 0.496 e. The van der Waals surface area contributed by atoms with Gasteiger partial charge in [0.25, 0.3) is 0 Å². The molecule has 8 nitrogen and oxygen atoms in total. The molecule has 12 heteroatoms. The van der Waals surface area contributed by atoms with E-state index in [0.717, 1.165) is 12.1 Å². The Labute approximate surface area is 209 Å². The van der Waals surface area contributed by atoms with Gasteiger partial charge in [0.05, 0.1) is 47.5 Å². The number of benzene rings is 2. The number of halogens is 4. The molecule has 2 aromatic heterocycles. The maximum Gasteiger partial charge on any atom is 0.416 e. The summed E-state index contributed by atoms with van der Waals surface area (Å²) in [4.78, 5) is 24.5. The van der Waals surface area contributed by atoms with Crippen molar-refractivity contribution in [2.24, 2.45) is 0 Å². The summed E-state index contributed by atoms with van der Waals surface area (Å²) in [5.41, 5.74) is 0.621. The Morgan fingerprint density at radius 3 is 2.51 bits per heavy atom. The van der Waals surface area contributed by atoms with Gasteiger partial charge in [0.2, 0.25) is 5.91 Å². The number of ether oxygens (including phenoxy) is 1. The van der Waals surface area contributed by atoms with E-state index in [2.05, 4.69) is 9.97 Å². The number of aryl methyl sites for hydroxylation is 1. The van der Waals surface area contributed by atoms with Crippen LogP contribution >= 0.6 is 0 Å². The second-order valence-electron chi connectivity index (χ2n) is 8.69. The van der Waals surface area contributed by atoms with Crippen LogP contribution in [0.2, 0.25) is 0 Å². The van der Waals surface area contributed by atoms with Gasteiger partial charge >= 0.3 is 6.18 Å². The van der Waals surface area contributed by atoms with Gasteiger partial charge in [-0.3, -0.25) is 4.79 Å². The molecule has 0 spiro atoms. The summed E-state index contributed by atoms with van der Waals surface area (Å²) in [5, 5.41) is 0.